The van der Waals surface area contributed by atoms with Crippen LogP contribution in [0.2, 0.25) is 0 Å². The third-order valence-electron chi connectivity index (χ3n) is 3.78. The molecule has 0 amide bonds. The summed E-state index contributed by atoms with van der Waals surface area (Å²) >= 11 is 0. The highest BCUT2D eigenvalue weighted by atomic mass is 19.1. The summed E-state index contributed by atoms with van der Waals surface area (Å²) in [6.45, 7) is 8.02. The van der Waals surface area contributed by atoms with Gasteiger partial charge in [0.2, 0.25) is 0 Å². The average molecular weight is 298 g/mol. The summed E-state index contributed by atoms with van der Waals surface area (Å²) in [6.07, 6.45) is 0.801. The van der Waals surface area contributed by atoms with E-state index in [4.69, 9.17) is 4.74 Å². The van der Waals surface area contributed by atoms with E-state index in [1.54, 1.807) is 4.90 Å². The molecule has 21 heavy (non-hydrogen) atoms. The number of nitrogens with one attached hydrogen (secondary N) is 1. The Balaban J connectivity index is 2.23. The first-order valence-electron chi connectivity index (χ1n) is 7.58. The molecule has 0 saturated carbocycles. The summed E-state index contributed by atoms with van der Waals surface area (Å²) in [7, 11) is 0. The van der Waals surface area contributed by atoms with E-state index >= 15 is 0 Å². The van der Waals surface area contributed by atoms with Crippen molar-refractivity contribution >= 4 is 5.69 Å². The normalized spacial score (nSPS) is 19.3. The molecule has 1 atom stereocenters. The average Bonchev–Trinajstić information content (AvgIpc) is 2.45. The van der Waals surface area contributed by atoms with E-state index in [1.807, 2.05) is 20.8 Å². The maximum Gasteiger partial charge on any atom is 0.149 e. The van der Waals surface area contributed by atoms with Crippen LogP contribution in [0.25, 0.3) is 0 Å². The summed E-state index contributed by atoms with van der Waals surface area (Å²) in [5.74, 6) is -0.980. The Hall–Kier alpha value is -1.20. The van der Waals surface area contributed by atoms with Crippen LogP contribution in [0.1, 0.15) is 32.8 Å². The van der Waals surface area contributed by atoms with Gasteiger partial charge in [0.25, 0.3) is 0 Å². The van der Waals surface area contributed by atoms with Gasteiger partial charge < -0.3 is 15.0 Å². The van der Waals surface area contributed by atoms with E-state index in [1.165, 1.54) is 12.1 Å². The van der Waals surface area contributed by atoms with Crippen LogP contribution >= 0.6 is 0 Å². The second-order valence-electron chi connectivity index (χ2n) is 5.77. The highest BCUT2D eigenvalue weighted by molar-refractivity contribution is 5.52. The fraction of sp³-hybridized carbons (Fsp3) is 0.625. The van der Waals surface area contributed by atoms with Crippen molar-refractivity contribution in [1.29, 1.82) is 0 Å². The third-order valence-corrected chi connectivity index (χ3v) is 3.78. The fourth-order valence-corrected chi connectivity index (χ4v) is 2.60. The predicted octanol–water partition coefficient (Wildman–Crippen LogP) is 3.08. The van der Waals surface area contributed by atoms with Gasteiger partial charge in [0, 0.05) is 19.1 Å². The summed E-state index contributed by atoms with van der Waals surface area (Å²) in [4.78, 5) is 1.80. The summed E-state index contributed by atoms with van der Waals surface area (Å²) in [6, 6.07) is 3.16. The van der Waals surface area contributed by atoms with Gasteiger partial charge in [-0.3, -0.25) is 0 Å². The molecule has 0 spiro atoms. The number of rotatable bonds is 5. The lowest BCUT2D eigenvalue weighted by Gasteiger charge is -2.37. The molecule has 1 N–H and O–H groups in total. The molecular weight excluding hydrogens is 274 g/mol. The van der Waals surface area contributed by atoms with Crippen LogP contribution in [0.5, 0.6) is 0 Å². The highest BCUT2D eigenvalue weighted by Gasteiger charge is 2.27. The summed E-state index contributed by atoms with van der Waals surface area (Å²) < 4.78 is 34.2. The second-order valence-corrected chi connectivity index (χ2v) is 5.77. The van der Waals surface area contributed by atoms with Crippen molar-refractivity contribution in [2.45, 2.75) is 45.8 Å². The van der Waals surface area contributed by atoms with E-state index in [-0.39, 0.29) is 17.8 Å². The van der Waals surface area contributed by atoms with Crippen LogP contribution < -0.4 is 10.2 Å². The smallest absolute Gasteiger partial charge is 0.149 e. The van der Waals surface area contributed by atoms with E-state index in [0.29, 0.717) is 31.9 Å². The van der Waals surface area contributed by atoms with Gasteiger partial charge in [-0.05, 0) is 24.1 Å². The Labute approximate surface area is 125 Å². The number of anilines is 1. The van der Waals surface area contributed by atoms with Crippen LogP contribution in [-0.2, 0) is 11.3 Å². The Bertz CT molecular complexity index is 456. The Morgan fingerprint density at radius 2 is 2.00 bits per heavy atom. The fourth-order valence-electron chi connectivity index (χ4n) is 2.60. The topological polar surface area (TPSA) is 24.5 Å². The lowest BCUT2D eigenvalue weighted by Crippen LogP contribution is -2.46. The molecule has 3 nitrogen and oxygen atoms in total. The summed E-state index contributed by atoms with van der Waals surface area (Å²) in [5, 5.41) is 3.17. The van der Waals surface area contributed by atoms with E-state index in [2.05, 4.69) is 5.32 Å². The number of ether oxygens (including phenoxy) is 1. The lowest BCUT2D eigenvalue weighted by molar-refractivity contribution is 0.0922. The Kier molecular flexibility index (Phi) is 5.53. The largest absolute Gasteiger partial charge is 0.377 e. The zero-order valence-corrected chi connectivity index (χ0v) is 13.0. The van der Waals surface area contributed by atoms with Gasteiger partial charge in [0.05, 0.1) is 19.3 Å². The number of morpholine rings is 1. The molecule has 2 rings (SSSR count). The van der Waals surface area contributed by atoms with Crippen molar-refractivity contribution in [3.63, 3.8) is 0 Å². The number of hydrogen-bond acceptors (Lipinski definition) is 3. The summed E-state index contributed by atoms with van der Waals surface area (Å²) in [5.41, 5.74) is 0.710. The second kappa shape index (κ2) is 7.18. The standard InChI is InChI=1S/C16H24F2N2O/c1-4-13-10-21-6-5-20(13)16-14(17)7-12(8-15(16)18)9-19-11(2)3/h7-8,11,13,19H,4-6,9-10H2,1-3H3. The zero-order valence-electron chi connectivity index (χ0n) is 13.0. The molecule has 1 unspecified atom stereocenters. The maximum absolute atomic E-state index is 14.4. The number of benzene rings is 1. The molecule has 1 aliphatic rings. The van der Waals surface area contributed by atoms with Crippen molar-refractivity contribution in [2.24, 2.45) is 0 Å². The molecule has 1 aliphatic heterocycles. The molecule has 5 heteroatoms. The monoisotopic (exact) mass is 298 g/mol. The lowest BCUT2D eigenvalue weighted by atomic mass is 10.1. The maximum atomic E-state index is 14.4. The van der Waals surface area contributed by atoms with Gasteiger partial charge in [-0.25, -0.2) is 8.78 Å². The van der Waals surface area contributed by atoms with E-state index in [9.17, 15) is 8.78 Å². The molecule has 0 bridgehead atoms. The first-order valence-corrected chi connectivity index (χ1v) is 7.58. The Morgan fingerprint density at radius 3 is 2.57 bits per heavy atom. The molecule has 1 fully saturated rings. The molecule has 1 saturated heterocycles. The van der Waals surface area contributed by atoms with E-state index < -0.39 is 11.6 Å². The van der Waals surface area contributed by atoms with Crippen molar-refractivity contribution in [2.75, 3.05) is 24.7 Å². The minimum Gasteiger partial charge on any atom is -0.377 e. The number of hydrogen-bond donors (Lipinski definition) is 1. The van der Waals surface area contributed by atoms with Gasteiger partial charge in [-0.2, -0.15) is 0 Å². The van der Waals surface area contributed by atoms with Gasteiger partial charge in [0.15, 0.2) is 0 Å². The van der Waals surface area contributed by atoms with Gasteiger partial charge in [0.1, 0.15) is 17.3 Å². The van der Waals surface area contributed by atoms with Crippen molar-refractivity contribution in [3.05, 3.63) is 29.3 Å². The minimum atomic E-state index is -0.490. The van der Waals surface area contributed by atoms with Crippen molar-refractivity contribution in [3.8, 4) is 0 Å². The zero-order chi connectivity index (χ0) is 15.4. The first-order chi connectivity index (χ1) is 10.0. The van der Waals surface area contributed by atoms with Gasteiger partial charge in [-0.1, -0.05) is 20.8 Å². The highest BCUT2D eigenvalue weighted by Crippen LogP contribution is 2.29. The van der Waals surface area contributed by atoms with Crippen LogP contribution in [0.4, 0.5) is 14.5 Å². The molecule has 1 aromatic carbocycles. The SMILES string of the molecule is CCC1COCCN1c1c(F)cc(CNC(C)C)cc1F. The first kappa shape index (κ1) is 16.2. The molecule has 0 aliphatic carbocycles. The van der Waals surface area contributed by atoms with Crippen LogP contribution in [-0.4, -0.2) is 31.8 Å². The Morgan fingerprint density at radius 1 is 1.33 bits per heavy atom. The molecule has 118 valence electrons. The third kappa shape index (κ3) is 3.92. The number of nitrogens with zero attached hydrogens (tertiary/aromatic N) is 1. The molecule has 0 radical (unpaired) electrons. The van der Waals surface area contributed by atoms with Crippen molar-refractivity contribution in [1.82, 2.24) is 5.32 Å². The molecule has 1 aromatic rings. The molecular formula is C16H24F2N2O. The van der Waals surface area contributed by atoms with Gasteiger partial charge in [-0.15, -0.1) is 0 Å². The van der Waals surface area contributed by atoms with Crippen LogP contribution in [0.15, 0.2) is 12.1 Å². The minimum absolute atomic E-state index is 0.0300. The van der Waals surface area contributed by atoms with E-state index in [0.717, 1.165) is 6.42 Å². The molecule has 1 heterocycles. The number of halogens is 2. The van der Waals surface area contributed by atoms with Crippen LogP contribution in [0, 0.1) is 11.6 Å². The van der Waals surface area contributed by atoms with Crippen LogP contribution in [0.3, 0.4) is 0 Å². The predicted molar refractivity (Wildman–Crippen MR) is 80.6 cm³/mol. The van der Waals surface area contributed by atoms with Gasteiger partial charge >= 0.3 is 0 Å². The van der Waals surface area contributed by atoms with Crippen molar-refractivity contribution < 1.29 is 13.5 Å². The quantitative estimate of drug-likeness (QED) is 0.904. The molecule has 0 aromatic heterocycles.